The zero-order valence-electron chi connectivity index (χ0n) is 17.8. The molecule has 1 atom stereocenters. The molecule has 1 aliphatic heterocycles. The van der Waals surface area contributed by atoms with Crippen LogP contribution in [0.2, 0.25) is 0 Å². The summed E-state index contributed by atoms with van der Waals surface area (Å²) >= 11 is 0. The van der Waals surface area contributed by atoms with Crippen molar-refractivity contribution in [3.8, 4) is 5.82 Å². The Bertz CT molecular complexity index is 1190. The molecule has 0 radical (unpaired) electrons. The summed E-state index contributed by atoms with van der Waals surface area (Å²) in [6.07, 6.45) is 2.50. The van der Waals surface area contributed by atoms with E-state index < -0.39 is 10.0 Å². The number of aromatic nitrogens is 5. The maximum atomic E-state index is 11.7. The Morgan fingerprint density at radius 1 is 1.25 bits per heavy atom. The van der Waals surface area contributed by atoms with E-state index in [1.807, 2.05) is 6.92 Å². The first-order valence-corrected chi connectivity index (χ1v) is 11.8. The summed E-state index contributed by atoms with van der Waals surface area (Å²) in [6, 6.07) is 7.27. The Kier molecular flexibility index (Phi) is 6.21. The van der Waals surface area contributed by atoms with Gasteiger partial charge in [-0.05, 0) is 44.6 Å². The molecule has 170 valence electrons. The number of benzene rings is 1. The third-order valence-electron chi connectivity index (χ3n) is 5.17. The van der Waals surface area contributed by atoms with Crippen LogP contribution in [0.4, 0.5) is 23.4 Å². The topological polar surface area (TPSA) is 165 Å². The summed E-state index contributed by atoms with van der Waals surface area (Å²) in [4.78, 5) is 13.0. The van der Waals surface area contributed by atoms with E-state index in [0.717, 1.165) is 30.9 Å². The SMILES string of the molecule is CNS(=O)(=O)Cc1ccc(Nc2nc(N)n(-c3ncnc(NC4CCNC4)c3C)n2)cc1. The van der Waals surface area contributed by atoms with Crippen molar-refractivity contribution in [3.63, 3.8) is 0 Å². The molecule has 0 saturated carbocycles. The van der Waals surface area contributed by atoms with E-state index in [9.17, 15) is 8.42 Å². The van der Waals surface area contributed by atoms with Gasteiger partial charge in [0, 0.05) is 23.8 Å². The Balaban J connectivity index is 1.51. The average Bonchev–Trinajstić information content (AvgIpc) is 3.40. The third-order valence-corrected chi connectivity index (χ3v) is 6.50. The number of hydrogen-bond donors (Lipinski definition) is 5. The molecule has 1 fully saturated rings. The predicted molar refractivity (Wildman–Crippen MR) is 122 cm³/mol. The molecule has 32 heavy (non-hydrogen) atoms. The highest BCUT2D eigenvalue weighted by molar-refractivity contribution is 7.88. The molecule has 0 aliphatic carbocycles. The van der Waals surface area contributed by atoms with Crippen molar-refractivity contribution in [1.82, 2.24) is 34.8 Å². The fourth-order valence-electron chi connectivity index (χ4n) is 3.41. The van der Waals surface area contributed by atoms with Crippen LogP contribution < -0.4 is 26.4 Å². The van der Waals surface area contributed by atoms with Gasteiger partial charge in [-0.25, -0.2) is 23.1 Å². The largest absolute Gasteiger partial charge is 0.368 e. The number of sulfonamides is 1. The summed E-state index contributed by atoms with van der Waals surface area (Å²) in [7, 11) is -1.94. The quantitative estimate of drug-likeness (QED) is 0.321. The molecule has 1 saturated heterocycles. The highest BCUT2D eigenvalue weighted by Gasteiger charge is 2.19. The third kappa shape index (κ3) is 4.95. The van der Waals surface area contributed by atoms with Crippen LogP contribution in [0.3, 0.4) is 0 Å². The fourth-order valence-corrected chi connectivity index (χ4v) is 4.18. The molecule has 4 rings (SSSR count). The Labute approximate surface area is 186 Å². The zero-order valence-corrected chi connectivity index (χ0v) is 18.6. The van der Waals surface area contributed by atoms with Crippen LogP contribution in [0, 0.1) is 6.92 Å². The summed E-state index contributed by atoms with van der Waals surface area (Å²) in [5.74, 6) is 1.66. The van der Waals surface area contributed by atoms with Crippen LogP contribution >= 0.6 is 0 Å². The summed E-state index contributed by atoms with van der Waals surface area (Å²) in [6.45, 7) is 3.77. The Morgan fingerprint density at radius 3 is 2.72 bits per heavy atom. The normalized spacial score (nSPS) is 16.2. The van der Waals surface area contributed by atoms with E-state index >= 15 is 0 Å². The number of nitrogens with one attached hydrogen (secondary N) is 4. The lowest BCUT2D eigenvalue weighted by molar-refractivity contribution is 0.587. The lowest BCUT2D eigenvalue weighted by Crippen LogP contribution is -2.23. The molecule has 13 heteroatoms. The van der Waals surface area contributed by atoms with Crippen molar-refractivity contribution in [2.75, 3.05) is 36.5 Å². The highest BCUT2D eigenvalue weighted by atomic mass is 32.2. The first-order chi connectivity index (χ1) is 15.3. The number of nitrogens with zero attached hydrogens (tertiary/aromatic N) is 5. The number of anilines is 4. The first kappa shape index (κ1) is 21.9. The molecule has 3 aromatic rings. The van der Waals surface area contributed by atoms with Crippen molar-refractivity contribution < 1.29 is 8.42 Å². The number of nitrogen functional groups attached to an aromatic ring is 1. The van der Waals surface area contributed by atoms with Gasteiger partial charge in [-0.1, -0.05) is 12.1 Å². The smallest absolute Gasteiger partial charge is 0.248 e. The van der Waals surface area contributed by atoms with Gasteiger partial charge in [0.2, 0.25) is 21.9 Å². The van der Waals surface area contributed by atoms with E-state index in [2.05, 4.69) is 40.7 Å². The van der Waals surface area contributed by atoms with Crippen LogP contribution in [-0.2, 0) is 15.8 Å². The Morgan fingerprint density at radius 2 is 2.03 bits per heavy atom. The Hall–Kier alpha value is -3.29. The van der Waals surface area contributed by atoms with Crippen LogP contribution in [0.5, 0.6) is 0 Å². The molecule has 12 nitrogen and oxygen atoms in total. The molecular weight excluding hydrogens is 432 g/mol. The second kappa shape index (κ2) is 9.06. The minimum Gasteiger partial charge on any atom is -0.368 e. The van der Waals surface area contributed by atoms with Crippen molar-refractivity contribution in [1.29, 1.82) is 0 Å². The van der Waals surface area contributed by atoms with Gasteiger partial charge in [-0.15, -0.1) is 5.10 Å². The molecule has 3 heterocycles. The van der Waals surface area contributed by atoms with E-state index in [1.165, 1.54) is 18.1 Å². The fraction of sp³-hybridized carbons (Fsp3) is 0.368. The average molecular weight is 459 g/mol. The monoisotopic (exact) mass is 458 g/mol. The van der Waals surface area contributed by atoms with Gasteiger partial charge in [0.25, 0.3) is 0 Å². The van der Waals surface area contributed by atoms with Gasteiger partial charge >= 0.3 is 0 Å². The van der Waals surface area contributed by atoms with Crippen LogP contribution in [0.25, 0.3) is 5.82 Å². The first-order valence-electron chi connectivity index (χ1n) is 10.1. The van der Waals surface area contributed by atoms with Gasteiger partial charge in [0.1, 0.15) is 12.1 Å². The van der Waals surface area contributed by atoms with Crippen molar-refractivity contribution in [2.45, 2.75) is 25.1 Å². The van der Waals surface area contributed by atoms with Gasteiger partial charge in [0.15, 0.2) is 5.82 Å². The van der Waals surface area contributed by atoms with Gasteiger partial charge < -0.3 is 21.7 Å². The molecule has 1 aromatic carbocycles. The molecular formula is C19H26N10O2S. The van der Waals surface area contributed by atoms with Crippen LogP contribution in [-0.4, -0.2) is 59.3 Å². The summed E-state index contributed by atoms with van der Waals surface area (Å²) < 4.78 is 27.1. The molecule has 6 N–H and O–H groups in total. The van der Waals surface area contributed by atoms with Gasteiger partial charge in [-0.3, -0.25) is 0 Å². The van der Waals surface area contributed by atoms with Crippen LogP contribution in [0.1, 0.15) is 17.5 Å². The van der Waals surface area contributed by atoms with E-state index in [0.29, 0.717) is 29.1 Å². The van der Waals surface area contributed by atoms with Gasteiger partial charge in [0.05, 0.1) is 5.75 Å². The summed E-state index contributed by atoms with van der Waals surface area (Å²) in [5, 5.41) is 14.3. The lowest BCUT2D eigenvalue weighted by atomic mass is 10.2. The standard InChI is InChI=1S/C19H26N10O2S/c1-12-16(25-15-7-8-22-9-15)23-11-24-17(12)29-18(20)27-19(28-29)26-14-5-3-13(4-6-14)10-32(30,31)21-2/h3-6,11,15,21-22H,7-10H2,1-2H3,(H,23,24,25)(H3,20,26,27,28). The maximum absolute atomic E-state index is 11.7. The lowest BCUT2D eigenvalue weighted by Gasteiger charge is -2.15. The second-order valence-corrected chi connectivity index (χ2v) is 9.42. The van der Waals surface area contributed by atoms with Gasteiger partial charge in [-0.2, -0.15) is 9.67 Å². The molecule has 1 unspecified atom stereocenters. The van der Waals surface area contributed by atoms with Crippen molar-refractivity contribution in [3.05, 3.63) is 41.7 Å². The van der Waals surface area contributed by atoms with Crippen molar-refractivity contribution >= 4 is 33.4 Å². The minimum absolute atomic E-state index is 0.0934. The molecule has 0 amide bonds. The highest BCUT2D eigenvalue weighted by Crippen LogP contribution is 2.23. The van der Waals surface area contributed by atoms with E-state index in [-0.39, 0.29) is 11.7 Å². The zero-order chi connectivity index (χ0) is 22.7. The van der Waals surface area contributed by atoms with E-state index in [1.54, 1.807) is 24.3 Å². The molecule has 1 aliphatic rings. The number of hydrogen-bond acceptors (Lipinski definition) is 10. The minimum atomic E-state index is -3.33. The number of rotatable bonds is 8. The predicted octanol–water partition coefficient (Wildman–Crippen LogP) is 0.515. The van der Waals surface area contributed by atoms with E-state index in [4.69, 9.17) is 5.73 Å². The molecule has 0 bridgehead atoms. The molecule has 0 spiro atoms. The van der Waals surface area contributed by atoms with Crippen molar-refractivity contribution in [2.24, 2.45) is 0 Å². The van der Waals surface area contributed by atoms with Crippen LogP contribution in [0.15, 0.2) is 30.6 Å². The summed E-state index contributed by atoms with van der Waals surface area (Å²) in [5.41, 5.74) is 8.28. The maximum Gasteiger partial charge on any atom is 0.248 e. The number of nitrogens with two attached hydrogens (primary N) is 1. The second-order valence-electron chi connectivity index (χ2n) is 7.50. The molecule has 2 aromatic heterocycles.